The van der Waals surface area contributed by atoms with E-state index in [2.05, 4.69) is 5.32 Å². The average Bonchev–Trinajstić information content (AvgIpc) is 2.55. The quantitative estimate of drug-likeness (QED) is 0.931. The molecule has 0 radical (unpaired) electrons. The standard InChI is InChI=1S/C18H20N2O3S/c1-13-7-8-17(19-14(2)21)11-18(13)24(22,23)20-10-9-15-5-3-4-6-16(15)12-20/h3-8,11H,9-10,12H2,1-2H3,(H,19,21). The number of fused-ring (bicyclic) bond motifs is 1. The number of carbonyl (C=O) groups excluding carboxylic acids is 1. The molecule has 0 aromatic heterocycles. The Labute approximate surface area is 142 Å². The number of anilines is 1. The Kier molecular flexibility index (Phi) is 4.43. The van der Waals surface area contributed by atoms with Gasteiger partial charge in [-0.05, 0) is 42.2 Å². The molecule has 0 fully saturated rings. The second-order valence-electron chi connectivity index (χ2n) is 6.02. The SMILES string of the molecule is CC(=O)Nc1ccc(C)c(S(=O)(=O)N2CCc3ccccc3C2)c1. The van der Waals surface area contributed by atoms with Gasteiger partial charge in [-0.15, -0.1) is 0 Å². The van der Waals surface area contributed by atoms with E-state index in [1.807, 2.05) is 24.3 Å². The van der Waals surface area contributed by atoms with Gasteiger partial charge in [0.1, 0.15) is 0 Å². The molecule has 0 atom stereocenters. The molecule has 0 saturated heterocycles. The number of sulfonamides is 1. The lowest BCUT2D eigenvalue weighted by Crippen LogP contribution is -2.36. The first-order chi connectivity index (χ1) is 11.4. The van der Waals surface area contributed by atoms with Crippen molar-refractivity contribution in [1.82, 2.24) is 4.31 Å². The van der Waals surface area contributed by atoms with Crippen LogP contribution in [0.25, 0.3) is 0 Å². The minimum Gasteiger partial charge on any atom is -0.326 e. The van der Waals surface area contributed by atoms with Crippen LogP contribution in [0.5, 0.6) is 0 Å². The Hall–Kier alpha value is -2.18. The van der Waals surface area contributed by atoms with Gasteiger partial charge in [-0.1, -0.05) is 30.3 Å². The Bertz CT molecular complexity index is 891. The van der Waals surface area contributed by atoms with Gasteiger partial charge in [-0.25, -0.2) is 8.42 Å². The zero-order valence-corrected chi connectivity index (χ0v) is 14.6. The highest BCUT2D eigenvalue weighted by Gasteiger charge is 2.29. The summed E-state index contributed by atoms with van der Waals surface area (Å²) in [5, 5.41) is 2.64. The molecule has 24 heavy (non-hydrogen) atoms. The number of nitrogens with one attached hydrogen (secondary N) is 1. The zero-order chi connectivity index (χ0) is 17.3. The number of benzene rings is 2. The van der Waals surface area contributed by atoms with Crippen molar-refractivity contribution in [3.8, 4) is 0 Å². The molecule has 0 unspecified atom stereocenters. The van der Waals surface area contributed by atoms with E-state index in [0.717, 1.165) is 5.56 Å². The van der Waals surface area contributed by atoms with Gasteiger partial charge in [0.05, 0.1) is 4.90 Å². The molecule has 1 aliphatic heterocycles. The summed E-state index contributed by atoms with van der Waals surface area (Å²) in [4.78, 5) is 11.5. The molecule has 6 heteroatoms. The molecule has 2 aromatic carbocycles. The van der Waals surface area contributed by atoms with Gasteiger partial charge >= 0.3 is 0 Å². The van der Waals surface area contributed by atoms with Crippen molar-refractivity contribution in [3.05, 3.63) is 59.2 Å². The minimum absolute atomic E-state index is 0.228. The Morgan fingerprint density at radius 2 is 1.83 bits per heavy atom. The minimum atomic E-state index is -3.61. The number of rotatable bonds is 3. The fourth-order valence-electron chi connectivity index (χ4n) is 2.97. The molecular weight excluding hydrogens is 324 g/mol. The monoisotopic (exact) mass is 344 g/mol. The van der Waals surface area contributed by atoms with Crippen LogP contribution in [0, 0.1) is 6.92 Å². The average molecular weight is 344 g/mol. The summed E-state index contributed by atoms with van der Waals surface area (Å²) in [7, 11) is -3.61. The van der Waals surface area contributed by atoms with E-state index in [-0.39, 0.29) is 10.8 Å². The highest BCUT2D eigenvalue weighted by molar-refractivity contribution is 7.89. The first-order valence-electron chi connectivity index (χ1n) is 7.83. The van der Waals surface area contributed by atoms with Crippen molar-refractivity contribution in [1.29, 1.82) is 0 Å². The van der Waals surface area contributed by atoms with Crippen LogP contribution in [0.4, 0.5) is 5.69 Å². The summed E-state index contributed by atoms with van der Waals surface area (Å²) >= 11 is 0. The largest absolute Gasteiger partial charge is 0.326 e. The third-order valence-electron chi connectivity index (χ3n) is 4.22. The maximum atomic E-state index is 13.1. The van der Waals surface area contributed by atoms with Gasteiger partial charge in [-0.2, -0.15) is 4.31 Å². The van der Waals surface area contributed by atoms with Crippen LogP contribution in [-0.4, -0.2) is 25.2 Å². The molecule has 0 bridgehead atoms. The summed E-state index contributed by atoms with van der Waals surface area (Å²) in [6.45, 7) is 4.00. The third-order valence-corrected chi connectivity index (χ3v) is 6.21. The lowest BCUT2D eigenvalue weighted by atomic mass is 10.0. The molecule has 0 aliphatic carbocycles. The second kappa shape index (κ2) is 6.37. The maximum absolute atomic E-state index is 13.1. The molecule has 1 aliphatic rings. The molecular formula is C18H20N2O3S. The van der Waals surface area contributed by atoms with Crippen molar-refractivity contribution in [3.63, 3.8) is 0 Å². The van der Waals surface area contributed by atoms with Gasteiger partial charge in [-0.3, -0.25) is 4.79 Å². The van der Waals surface area contributed by atoms with Crippen molar-refractivity contribution in [2.75, 3.05) is 11.9 Å². The molecule has 1 heterocycles. The van der Waals surface area contributed by atoms with Crippen LogP contribution in [0.3, 0.4) is 0 Å². The molecule has 0 saturated carbocycles. The van der Waals surface area contributed by atoms with Gasteiger partial charge in [0.25, 0.3) is 0 Å². The molecule has 2 aromatic rings. The zero-order valence-electron chi connectivity index (χ0n) is 13.7. The molecule has 1 amide bonds. The lowest BCUT2D eigenvalue weighted by Gasteiger charge is -2.28. The smallest absolute Gasteiger partial charge is 0.243 e. The number of hydrogen-bond acceptors (Lipinski definition) is 3. The molecule has 126 valence electrons. The Morgan fingerprint density at radius 3 is 2.54 bits per heavy atom. The number of amides is 1. The van der Waals surface area contributed by atoms with Crippen molar-refractivity contribution >= 4 is 21.6 Å². The molecule has 1 N–H and O–H groups in total. The van der Waals surface area contributed by atoms with Crippen LogP contribution in [-0.2, 0) is 27.8 Å². The summed E-state index contributed by atoms with van der Waals surface area (Å²) in [5.41, 5.74) is 3.41. The van der Waals surface area contributed by atoms with Crippen molar-refractivity contribution in [2.24, 2.45) is 0 Å². The lowest BCUT2D eigenvalue weighted by molar-refractivity contribution is -0.114. The third kappa shape index (κ3) is 3.20. The first-order valence-corrected chi connectivity index (χ1v) is 9.27. The highest BCUT2D eigenvalue weighted by Crippen LogP contribution is 2.28. The fourth-order valence-corrected chi connectivity index (χ4v) is 4.64. The van der Waals surface area contributed by atoms with Gasteiger partial charge < -0.3 is 5.32 Å². The van der Waals surface area contributed by atoms with E-state index < -0.39 is 10.0 Å². The number of nitrogens with zero attached hydrogens (tertiary/aromatic N) is 1. The summed E-state index contributed by atoms with van der Waals surface area (Å²) in [6, 6.07) is 12.9. The van der Waals surface area contributed by atoms with E-state index in [9.17, 15) is 13.2 Å². The van der Waals surface area contributed by atoms with Crippen LogP contribution < -0.4 is 5.32 Å². The maximum Gasteiger partial charge on any atom is 0.243 e. The second-order valence-corrected chi connectivity index (χ2v) is 7.93. The normalized spacial score (nSPS) is 14.9. The molecule has 0 spiro atoms. The molecule has 3 rings (SSSR count). The van der Waals surface area contributed by atoms with Crippen LogP contribution >= 0.6 is 0 Å². The van der Waals surface area contributed by atoms with Gasteiger partial charge in [0.2, 0.25) is 15.9 Å². The first kappa shape index (κ1) is 16.7. The van der Waals surface area contributed by atoms with Crippen LogP contribution in [0.1, 0.15) is 23.6 Å². The van der Waals surface area contributed by atoms with Crippen LogP contribution in [0.15, 0.2) is 47.4 Å². The van der Waals surface area contributed by atoms with Gasteiger partial charge in [0, 0.05) is 25.7 Å². The fraction of sp³-hybridized carbons (Fsp3) is 0.278. The predicted molar refractivity (Wildman–Crippen MR) is 93.2 cm³/mol. The summed E-state index contributed by atoms with van der Waals surface area (Å²) in [5.74, 6) is -0.228. The highest BCUT2D eigenvalue weighted by atomic mass is 32.2. The van der Waals surface area contributed by atoms with E-state index >= 15 is 0 Å². The van der Waals surface area contributed by atoms with E-state index in [0.29, 0.717) is 30.8 Å². The van der Waals surface area contributed by atoms with Crippen molar-refractivity contribution < 1.29 is 13.2 Å². The van der Waals surface area contributed by atoms with Gasteiger partial charge in [0.15, 0.2) is 0 Å². The topological polar surface area (TPSA) is 66.5 Å². The number of carbonyl (C=O) groups is 1. The van der Waals surface area contributed by atoms with Crippen LogP contribution in [0.2, 0.25) is 0 Å². The number of aryl methyl sites for hydroxylation is 1. The predicted octanol–water partition coefficient (Wildman–Crippen LogP) is 2.70. The Morgan fingerprint density at radius 1 is 1.12 bits per heavy atom. The number of hydrogen-bond donors (Lipinski definition) is 1. The Balaban J connectivity index is 1.95. The summed E-state index contributed by atoms with van der Waals surface area (Å²) in [6.07, 6.45) is 0.708. The van der Waals surface area contributed by atoms with E-state index in [1.165, 1.54) is 22.9 Å². The molecule has 5 nitrogen and oxygen atoms in total. The summed E-state index contributed by atoms with van der Waals surface area (Å²) < 4.78 is 27.6. The van der Waals surface area contributed by atoms with Crippen molar-refractivity contribution in [2.45, 2.75) is 31.7 Å². The van der Waals surface area contributed by atoms with E-state index in [4.69, 9.17) is 0 Å². The van der Waals surface area contributed by atoms with E-state index in [1.54, 1.807) is 19.1 Å².